The highest BCUT2D eigenvalue weighted by Crippen LogP contribution is 2.28. The normalized spacial score (nSPS) is 11.6. The van der Waals surface area contributed by atoms with E-state index in [1.165, 1.54) is 17.4 Å². The predicted octanol–water partition coefficient (Wildman–Crippen LogP) is 2.80. The molecule has 0 fully saturated rings. The van der Waals surface area contributed by atoms with E-state index in [1.807, 2.05) is 36.4 Å². The molecule has 0 saturated heterocycles. The minimum atomic E-state index is -0.768. The number of fused-ring (bicyclic) bond motifs is 1. The van der Waals surface area contributed by atoms with Crippen molar-refractivity contribution in [1.29, 1.82) is 5.26 Å². The quantitative estimate of drug-likeness (QED) is 0.572. The van der Waals surface area contributed by atoms with Gasteiger partial charge in [-0.15, -0.1) is 0 Å². The molecule has 0 atom stereocenters. The van der Waals surface area contributed by atoms with Gasteiger partial charge < -0.3 is 5.73 Å². The Bertz CT molecular complexity index is 962. The zero-order valence-electron chi connectivity index (χ0n) is 13.1. The standard InChI is InChI=1S/C17H15N5OS/c1-2-6-14-21-22-13(9-12(10-18)16(19)23)15(20-17(22)24-14)11-7-4-3-5-8-11/h3-5,7-9H,2,6H2,1H3,(H2,19,23)/b12-9+. The number of nitrogens with two attached hydrogens (primary N) is 1. The van der Waals surface area contributed by atoms with E-state index < -0.39 is 5.91 Å². The van der Waals surface area contributed by atoms with Crippen molar-refractivity contribution in [2.45, 2.75) is 19.8 Å². The van der Waals surface area contributed by atoms with Crippen LogP contribution in [0, 0.1) is 11.3 Å². The lowest BCUT2D eigenvalue weighted by Crippen LogP contribution is -2.12. The summed E-state index contributed by atoms with van der Waals surface area (Å²) in [6.07, 6.45) is 3.30. The molecule has 0 bridgehead atoms. The Kier molecular flexibility index (Phi) is 4.40. The van der Waals surface area contributed by atoms with E-state index in [0.717, 1.165) is 28.4 Å². The van der Waals surface area contributed by atoms with E-state index in [9.17, 15) is 4.79 Å². The van der Waals surface area contributed by atoms with Crippen molar-refractivity contribution in [3.8, 4) is 17.3 Å². The SMILES string of the molecule is CCCc1nn2c(/C=C(\C#N)C(N)=O)c(-c3ccccc3)nc2s1. The first-order valence-corrected chi connectivity index (χ1v) is 8.31. The van der Waals surface area contributed by atoms with Crippen molar-refractivity contribution >= 4 is 28.3 Å². The average Bonchev–Trinajstić information content (AvgIpc) is 3.11. The number of rotatable bonds is 5. The Labute approximate surface area is 142 Å². The number of aryl methyl sites for hydroxylation is 1. The molecule has 0 unspecified atom stereocenters. The first-order chi connectivity index (χ1) is 11.6. The van der Waals surface area contributed by atoms with Gasteiger partial charge in [0.05, 0.1) is 11.4 Å². The number of hydrogen-bond donors (Lipinski definition) is 1. The predicted molar refractivity (Wildman–Crippen MR) is 93.1 cm³/mol. The van der Waals surface area contributed by atoms with Gasteiger partial charge in [-0.1, -0.05) is 48.6 Å². The number of hydrogen-bond acceptors (Lipinski definition) is 5. The molecule has 0 spiro atoms. The number of aromatic nitrogens is 3. The molecule has 1 amide bonds. The second-order valence-corrected chi connectivity index (χ2v) is 6.23. The summed E-state index contributed by atoms with van der Waals surface area (Å²) in [4.78, 5) is 16.8. The molecule has 0 saturated carbocycles. The maximum atomic E-state index is 11.4. The van der Waals surface area contributed by atoms with Gasteiger partial charge in [-0.2, -0.15) is 10.4 Å². The first-order valence-electron chi connectivity index (χ1n) is 7.49. The van der Waals surface area contributed by atoms with E-state index in [4.69, 9.17) is 11.0 Å². The molecule has 0 aliphatic carbocycles. The molecular weight excluding hydrogens is 322 g/mol. The number of benzene rings is 1. The van der Waals surface area contributed by atoms with Crippen molar-refractivity contribution in [3.63, 3.8) is 0 Å². The highest BCUT2D eigenvalue weighted by atomic mass is 32.1. The molecule has 0 aliphatic heterocycles. The molecule has 2 N–H and O–H groups in total. The van der Waals surface area contributed by atoms with Gasteiger partial charge >= 0.3 is 0 Å². The van der Waals surface area contributed by atoms with Crippen LogP contribution in [-0.4, -0.2) is 20.5 Å². The summed E-state index contributed by atoms with van der Waals surface area (Å²) in [7, 11) is 0. The number of nitrogens with zero attached hydrogens (tertiary/aromatic N) is 4. The lowest BCUT2D eigenvalue weighted by atomic mass is 10.1. The van der Waals surface area contributed by atoms with Crippen molar-refractivity contribution in [3.05, 3.63) is 46.6 Å². The third-order valence-electron chi connectivity index (χ3n) is 3.46. The molecule has 7 heteroatoms. The summed E-state index contributed by atoms with van der Waals surface area (Å²) in [6, 6.07) is 11.4. The van der Waals surface area contributed by atoms with E-state index in [1.54, 1.807) is 4.52 Å². The van der Waals surface area contributed by atoms with Crippen LogP contribution in [-0.2, 0) is 11.2 Å². The van der Waals surface area contributed by atoms with Gasteiger partial charge in [0.2, 0.25) is 4.96 Å². The third kappa shape index (κ3) is 2.92. The van der Waals surface area contributed by atoms with Gasteiger partial charge in [0.15, 0.2) is 0 Å². The Morgan fingerprint density at radius 3 is 2.79 bits per heavy atom. The Morgan fingerprint density at radius 2 is 2.17 bits per heavy atom. The summed E-state index contributed by atoms with van der Waals surface area (Å²) in [5.74, 6) is -0.768. The fourth-order valence-corrected chi connectivity index (χ4v) is 3.35. The molecule has 120 valence electrons. The van der Waals surface area contributed by atoms with Gasteiger partial charge in [0.25, 0.3) is 5.91 Å². The molecule has 2 aromatic heterocycles. The third-order valence-corrected chi connectivity index (χ3v) is 4.43. The van der Waals surface area contributed by atoms with Gasteiger partial charge in [0, 0.05) is 12.0 Å². The number of nitriles is 1. The lowest BCUT2D eigenvalue weighted by Gasteiger charge is -2.00. The molecule has 2 heterocycles. The largest absolute Gasteiger partial charge is 0.365 e. The van der Waals surface area contributed by atoms with Crippen molar-refractivity contribution in [2.75, 3.05) is 0 Å². The van der Waals surface area contributed by atoms with Gasteiger partial charge in [0.1, 0.15) is 16.6 Å². The fraction of sp³-hybridized carbons (Fsp3) is 0.176. The number of amides is 1. The van der Waals surface area contributed by atoms with E-state index >= 15 is 0 Å². The Hall–Kier alpha value is -2.98. The molecular formula is C17H15N5OS. The molecule has 6 nitrogen and oxygen atoms in total. The number of carbonyl (C=O) groups is 1. The second kappa shape index (κ2) is 6.64. The average molecular weight is 337 g/mol. The van der Waals surface area contributed by atoms with Crippen LogP contribution in [0.4, 0.5) is 0 Å². The molecule has 24 heavy (non-hydrogen) atoms. The van der Waals surface area contributed by atoms with E-state index in [-0.39, 0.29) is 5.57 Å². The fourth-order valence-electron chi connectivity index (χ4n) is 2.35. The molecule has 3 aromatic rings. The monoisotopic (exact) mass is 337 g/mol. The minimum Gasteiger partial charge on any atom is -0.365 e. The molecule has 0 radical (unpaired) electrons. The summed E-state index contributed by atoms with van der Waals surface area (Å²) in [5, 5.41) is 14.7. The highest BCUT2D eigenvalue weighted by molar-refractivity contribution is 7.16. The van der Waals surface area contributed by atoms with Crippen LogP contribution in [0.15, 0.2) is 35.9 Å². The summed E-state index contributed by atoms with van der Waals surface area (Å²) in [6.45, 7) is 2.08. The maximum absolute atomic E-state index is 11.4. The number of primary amides is 1. The van der Waals surface area contributed by atoms with Gasteiger partial charge in [-0.25, -0.2) is 9.50 Å². The zero-order chi connectivity index (χ0) is 17.1. The van der Waals surface area contributed by atoms with Crippen LogP contribution in [0.3, 0.4) is 0 Å². The topological polar surface area (TPSA) is 97.1 Å². The van der Waals surface area contributed by atoms with Crippen LogP contribution in [0.2, 0.25) is 0 Å². The zero-order valence-corrected chi connectivity index (χ0v) is 13.9. The minimum absolute atomic E-state index is 0.126. The summed E-state index contributed by atoms with van der Waals surface area (Å²) >= 11 is 1.51. The van der Waals surface area contributed by atoms with Crippen molar-refractivity contribution in [2.24, 2.45) is 5.73 Å². The number of carbonyl (C=O) groups excluding carboxylic acids is 1. The summed E-state index contributed by atoms with van der Waals surface area (Å²) < 4.78 is 1.68. The van der Waals surface area contributed by atoms with Gasteiger partial charge in [-0.05, 0) is 12.5 Å². The summed E-state index contributed by atoms with van der Waals surface area (Å²) in [5.41, 5.74) is 7.30. The van der Waals surface area contributed by atoms with Crippen LogP contribution in [0.1, 0.15) is 24.0 Å². The van der Waals surface area contributed by atoms with Gasteiger partial charge in [-0.3, -0.25) is 4.79 Å². The smallest absolute Gasteiger partial charge is 0.259 e. The lowest BCUT2D eigenvalue weighted by molar-refractivity contribution is -0.114. The Morgan fingerprint density at radius 1 is 1.42 bits per heavy atom. The van der Waals surface area contributed by atoms with Crippen molar-refractivity contribution in [1.82, 2.24) is 14.6 Å². The molecule has 0 aliphatic rings. The van der Waals surface area contributed by atoms with Crippen LogP contribution in [0.5, 0.6) is 0 Å². The van der Waals surface area contributed by atoms with E-state index in [2.05, 4.69) is 17.0 Å². The second-order valence-electron chi connectivity index (χ2n) is 5.19. The molecule has 3 rings (SSSR count). The van der Waals surface area contributed by atoms with E-state index in [0.29, 0.717) is 11.4 Å². The first kappa shape index (κ1) is 15.9. The van der Waals surface area contributed by atoms with Crippen LogP contribution in [0.25, 0.3) is 22.3 Å². The van der Waals surface area contributed by atoms with Crippen LogP contribution >= 0.6 is 11.3 Å². The highest BCUT2D eigenvalue weighted by Gasteiger charge is 2.18. The van der Waals surface area contributed by atoms with Crippen molar-refractivity contribution < 1.29 is 4.79 Å². The Balaban J connectivity index is 2.24. The number of imidazole rings is 1. The molecule has 1 aromatic carbocycles. The van der Waals surface area contributed by atoms with Crippen LogP contribution < -0.4 is 5.73 Å². The maximum Gasteiger partial charge on any atom is 0.259 e.